The average Bonchev–Trinajstić information content (AvgIpc) is 2.60. The van der Waals surface area contributed by atoms with Crippen LogP contribution in [0.1, 0.15) is 30.3 Å². The summed E-state index contributed by atoms with van der Waals surface area (Å²) < 4.78 is 1.61. The molecule has 0 radical (unpaired) electrons. The number of rotatable bonds is 5. The number of aromatic nitrogens is 2. The van der Waals surface area contributed by atoms with Crippen LogP contribution in [0.5, 0.6) is 0 Å². The molecule has 1 aromatic heterocycles. The van der Waals surface area contributed by atoms with Crippen LogP contribution in [0.4, 0.5) is 0 Å². The molecule has 1 rings (SSSR count). The minimum Gasteiger partial charge on any atom is -0.330 e. The maximum atomic E-state index is 11.6. The van der Waals surface area contributed by atoms with E-state index in [2.05, 4.69) is 12.0 Å². The first-order chi connectivity index (χ1) is 6.65. The molecule has 1 atom stereocenters. The predicted molar refractivity (Wildman–Crippen MR) is 55.0 cm³/mol. The molecule has 1 heterocycles. The van der Waals surface area contributed by atoms with Gasteiger partial charge in [-0.25, -0.2) is 0 Å². The normalized spacial score (nSPS) is 12.8. The van der Waals surface area contributed by atoms with Crippen molar-refractivity contribution in [3.63, 3.8) is 0 Å². The molecule has 0 aliphatic heterocycles. The second-order valence-corrected chi connectivity index (χ2v) is 3.64. The lowest BCUT2D eigenvalue weighted by molar-refractivity contribution is 0.0966. The maximum Gasteiger partial charge on any atom is 0.180 e. The molecule has 1 unspecified atom stereocenters. The van der Waals surface area contributed by atoms with E-state index in [1.165, 1.54) is 0 Å². The van der Waals surface area contributed by atoms with Crippen LogP contribution in [0.3, 0.4) is 0 Å². The van der Waals surface area contributed by atoms with Crippen LogP contribution in [-0.2, 0) is 7.05 Å². The summed E-state index contributed by atoms with van der Waals surface area (Å²) in [6.07, 6.45) is 3.04. The summed E-state index contributed by atoms with van der Waals surface area (Å²) in [5, 5.41) is 3.96. The van der Waals surface area contributed by atoms with Gasteiger partial charge in [0.25, 0.3) is 0 Å². The molecular formula is C10H17N3O. The van der Waals surface area contributed by atoms with E-state index in [1.54, 1.807) is 24.0 Å². The summed E-state index contributed by atoms with van der Waals surface area (Å²) >= 11 is 0. The van der Waals surface area contributed by atoms with Gasteiger partial charge in [0.2, 0.25) is 0 Å². The summed E-state index contributed by atoms with van der Waals surface area (Å²) in [5.41, 5.74) is 6.15. The molecular weight excluding hydrogens is 178 g/mol. The molecule has 2 N–H and O–H groups in total. The smallest absolute Gasteiger partial charge is 0.180 e. The second-order valence-electron chi connectivity index (χ2n) is 3.64. The van der Waals surface area contributed by atoms with E-state index in [0.29, 0.717) is 24.6 Å². The Bertz CT molecular complexity index is 306. The number of hydrogen-bond acceptors (Lipinski definition) is 3. The molecule has 0 saturated carbocycles. The zero-order valence-corrected chi connectivity index (χ0v) is 8.73. The van der Waals surface area contributed by atoms with Crippen LogP contribution in [0.2, 0.25) is 0 Å². The molecule has 0 amide bonds. The van der Waals surface area contributed by atoms with Crippen LogP contribution in [0, 0.1) is 5.92 Å². The van der Waals surface area contributed by atoms with E-state index in [4.69, 9.17) is 5.73 Å². The van der Waals surface area contributed by atoms with Crippen molar-refractivity contribution in [1.29, 1.82) is 0 Å². The molecule has 4 nitrogen and oxygen atoms in total. The van der Waals surface area contributed by atoms with E-state index >= 15 is 0 Å². The molecule has 0 fully saturated rings. The first kappa shape index (κ1) is 10.9. The van der Waals surface area contributed by atoms with Crippen molar-refractivity contribution in [2.75, 3.05) is 6.54 Å². The van der Waals surface area contributed by atoms with Crippen molar-refractivity contribution >= 4 is 5.78 Å². The molecule has 0 aliphatic rings. The second kappa shape index (κ2) is 4.91. The summed E-state index contributed by atoms with van der Waals surface area (Å²) in [5.74, 6) is 0.553. The molecule has 14 heavy (non-hydrogen) atoms. The Morgan fingerprint density at radius 2 is 2.43 bits per heavy atom. The summed E-state index contributed by atoms with van der Waals surface area (Å²) in [4.78, 5) is 11.6. The number of carbonyl (C=O) groups excluding carboxylic acids is 1. The van der Waals surface area contributed by atoms with Gasteiger partial charge >= 0.3 is 0 Å². The van der Waals surface area contributed by atoms with Gasteiger partial charge in [-0.05, 0) is 24.9 Å². The van der Waals surface area contributed by atoms with Gasteiger partial charge in [0, 0.05) is 19.7 Å². The standard InChI is InChI=1S/C10H17N3O/c1-8(7-11)3-4-10(14)9-5-6-12-13(9)2/h5-6,8H,3-4,7,11H2,1-2H3. The van der Waals surface area contributed by atoms with Gasteiger partial charge in [0.05, 0.1) is 0 Å². The van der Waals surface area contributed by atoms with Crippen LogP contribution in [-0.4, -0.2) is 22.1 Å². The highest BCUT2D eigenvalue weighted by Gasteiger charge is 2.10. The third-order valence-electron chi connectivity index (χ3n) is 2.37. The molecule has 0 aromatic carbocycles. The fourth-order valence-corrected chi connectivity index (χ4v) is 1.27. The third kappa shape index (κ3) is 2.67. The Morgan fingerprint density at radius 1 is 1.71 bits per heavy atom. The molecule has 0 saturated heterocycles. The van der Waals surface area contributed by atoms with Crippen molar-refractivity contribution in [3.05, 3.63) is 18.0 Å². The Morgan fingerprint density at radius 3 is 2.93 bits per heavy atom. The van der Waals surface area contributed by atoms with Crippen LogP contribution >= 0.6 is 0 Å². The Hall–Kier alpha value is -1.16. The number of aryl methyl sites for hydroxylation is 1. The van der Waals surface area contributed by atoms with Gasteiger partial charge in [-0.15, -0.1) is 0 Å². The van der Waals surface area contributed by atoms with Crippen molar-refractivity contribution < 1.29 is 4.79 Å². The highest BCUT2D eigenvalue weighted by molar-refractivity contribution is 5.94. The topological polar surface area (TPSA) is 60.9 Å². The fraction of sp³-hybridized carbons (Fsp3) is 0.600. The molecule has 0 aliphatic carbocycles. The Balaban J connectivity index is 2.47. The largest absolute Gasteiger partial charge is 0.330 e. The minimum absolute atomic E-state index is 0.144. The first-order valence-corrected chi connectivity index (χ1v) is 4.86. The van der Waals surface area contributed by atoms with Crippen molar-refractivity contribution in [2.24, 2.45) is 18.7 Å². The Labute approximate surface area is 84.1 Å². The first-order valence-electron chi connectivity index (χ1n) is 4.86. The highest BCUT2D eigenvalue weighted by Crippen LogP contribution is 2.08. The van der Waals surface area contributed by atoms with Gasteiger partial charge in [-0.1, -0.05) is 6.92 Å². The maximum absolute atomic E-state index is 11.6. The molecule has 4 heteroatoms. The predicted octanol–water partition coefficient (Wildman–Crippen LogP) is 0.978. The number of Topliss-reactive ketones (excluding diaryl/α,β-unsaturated/α-hetero) is 1. The average molecular weight is 195 g/mol. The van der Waals surface area contributed by atoms with Gasteiger partial charge in [0.1, 0.15) is 5.69 Å². The Kier molecular flexibility index (Phi) is 3.83. The lowest BCUT2D eigenvalue weighted by Crippen LogP contribution is -2.13. The van der Waals surface area contributed by atoms with E-state index in [9.17, 15) is 4.79 Å². The summed E-state index contributed by atoms with van der Waals surface area (Å²) in [6.45, 7) is 2.69. The van der Waals surface area contributed by atoms with Crippen LogP contribution in [0.25, 0.3) is 0 Å². The van der Waals surface area contributed by atoms with Crippen molar-refractivity contribution in [3.8, 4) is 0 Å². The van der Waals surface area contributed by atoms with Gasteiger partial charge in [0.15, 0.2) is 5.78 Å². The van der Waals surface area contributed by atoms with Crippen molar-refractivity contribution in [1.82, 2.24) is 9.78 Å². The number of hydrogen-bond donors (Lipinski definition) is 1. The van der Waals surface area contributed by atoms with Gasteiger partial charge in [-0.2, -0.15) is 5.10 Å². The summed E-state index contributed by atoms with van der Waals surface area (Å²) in [7, 11) is 1.78. The van der Waals surface area contributed by atoms with Crippen LogP contribution in [0.15, 0.2) is 12.3 Å². The number of nitrogens with zero attached hydrogens (tertiary/aromatic N) is 2. The lowest BCUT2D eigenvalue weighted by atomic mass is 10.0. The number of carbonyl (C=O) groups is 1. The quantitative estimate of drug-likeness (QED) is 0.712. The number of ketones is 1. The van der Waals surface area contributed by atoms with E-state index < -0.39 is 0 Å². The van der Waals surface area contributed by atoms with Gasteiger partial charge in [-0.3, -0.25) is 9.48 Å². The zero-order chi connectivity index (χ0) is 10.6. The molecule has 0 spiro atoms. The van der Waals surface area contributed by atoms with Gasteiger partial charge < -0.3 is 5.73 Å². The molecule has 78 valence electrons. The molecule has 0 bridgehead atoms. The minimum atomic E-state index is 0.144. The lowest BCUT2D eigenvalue weighted by Gasteiger charge is -2.06. The van der Waals surface area contributed by atoms with Crippen LogP contribution < -0.4 is 5.73 Å². The van der Waals surface area contributed by atoms with E-state index in [-0.39, 0.29) is 5.78 Å². The fourth-order valence-electron chi connectivity index (χ4n) is 1.27. The SMILES string of the molecule is CC(CN)CCC(=O)c1ccnn1C. The zero-order valence-electron chi connectivity index (χ0n) is 8.73. The van der Waals surface area contributed by atoms with Crippen molar-refractivity contribution in [2.45, 2.75) is 19.8 Å². The number of nitrogens with two attached hydrogens (primary N) is 1. The monoisotopic (exact) mass is 195 g/mol. The van der Waals surface area contributed by atoms with E-state index in [1.807, 2.05) is 0 Å². The highest BCUT2D eigenvalue weighted by atomic mass is 16.1. The molecule has 1 aromatic rings. The third-order valence-corrected chi connectivity index (χ3v) is 2.37. The van der Waals surface area contributed by atoms with E-state index in [0.717, 1.165) is 6.42 Å². The summed E-state index contributed by atoms with van der Waals surface area (Å²) in [6, 6.07) is 1.75.